The van der Waals surface area contributed by atoms with Crippen LogP contribution in [0.2, 0.25) is 0 Å². The number of anilines is 1. The second-order valence-corrected chi connectivity index (χ2v) is 13.0. The molecule has 0 saturated carbocycles. The number of benzene rings is 3. The van der Waals surface area contributed by atoms with Crippen LogP contribution in [0.15, 0.2) is 72.8 Å². The molecule has 3 aromatic carbocycles. The summed E-state index contributed by atoms with van der Waals surface area (Å²) in [6.45, 7) is 3.43. The van der Waals surface area contributed by atoms with Crippen LogP contribution in [0.25, 0.3) is 11.0 Å². The molecule has 4 aromatic rings. The maximum Gasteiger partial charge on any atom is 0.329 e. The molecule has 12 nitrogen and oxygen atoms in total. The summed E-state index contributed by atoms with van der Waals surface area (Å²) in [4.78, 5) is 53.2. The van der Waals surface area contributed by atoms with Gasteiger partial charge in [-0.1, -0.05) is 55.5 Å². The summed E-state index contributed by atoms with van der Waals surface area (Å²) in [5, 5.41) is 4.83. The first-order chi connectivity index (χ1) is 21.6. The zero-order valence-electron chi connectivity index (χ0n) is 24.9. The van der Waals surface area contributed by atoms with E-state index >= 15 is 0 Å². The van der Waals surface area contributed by atoms with Crippen molar-refractivity contribution in [2.24, 2.45) is 5.92 Å². The summed E-state index contributed by atoms with van der Waals surface area (Å²) in [5.74, 6) is -1.32. The van der Waals surface area contributed by atoms with Crippen LogP contribution in [0.5, 0.6) is 5.75 Å². The number of fused-ring (bicyclic) bond motifs is 2. The number of sulfonamides is 1. The van der Waals surface area contributed by atoms with Crippen LogP contribution in [-0.2, 0) is 48.6 Å². The monoisotopic (exact) mass is 633 g/mol. The Kier molecular flexibility index (Phi) is 9.79. The average Bonchev–Trinajstić information content (AvgIpc) is 3.46. The number of para-hydroxylation sites is 2. The number of hydrogen-bond donors (Lipinski definition) is 4. The summed E-state index contributed by atoms with van der Waals surface area (Å²) < 4.78 is 30.6. The van der Waals surface area contributed by atoms with E-state index in [-0.39, 0.29) is 25.3 Å². The lowest BCUT2D eigenvalue weighted by Gasteiger charge is -2.26. The van der Waals surface area contributed by atoms with Gasteiger partial charge < -0.3 is 25.2 Å². The molecule has 1 aromatic heterocycles. The Morgan fingerprint density at radius 3 is 2.51 bits per heavy atom. The quantitative estimate of drug-likeness (QED) is 0.162. The SMILES string of the molecule is CCC(C)S(=O)(=O)NOC(=O)C(Cc1ccccc1)Cc1ccc2c(c1)NC(=O)[C@H](CC(=O)NCc1nc3ccccc3[nH]1)O2. The molecule has 45 heavy (non-hydrogen) atoms. The lowest BCUT2D eigenvalue weighted by molar-refractivity contribution is -0.152. The molecule has 4 N–H and O–H groups in total. The topological polar surface area (TPSA) is 169 Å². The minimum atomic E-state index is -3.83. The molecule has 2 unspecified atom stereocenters. The Bertz CT molecular complexity index is 1760. The third kappa shape index (κ3) is 8.05. The van der Waals surface area contributed by atoms with Crippen molar-refractivity contribution in [2.45, 2.75) is 57.4 Å². The van der Waals surface area contributed by atoms with Gasteiger partial charge in [-0.05, 0) is 66.5 Å². The Balaban J connectivity index is 1.21. The van der Waals surface area contributed by atoms with E-state index in [4.69, 9.17) is 9.57 Å². The van der Waals surface area contributed by atoms with E-state index in [0.717, 1.165) is 16.6 Å². The van der Waals surface area contributed by atoms with E-state index < -0.39 is 39.2 Å². The van der Waals surface area contributed by atoms with Crippen LogP contribution < -0.4 is 20.3 Å². The normalized spacial score (nSPS) is 15.8. The molecule has 2 heterocycles. The Morgan fingerprint density at radius 2 is 1.76 bits per heavy atom. The molecule has 0 spiro atoms. The largest absolute Gasteiger partial charge is 0.478 e. The van der Waals surface area contributed by atoms with Crippen LogP contribution in [0.4, 0.5) is 5.69 Å². The number of nitrogens with one attached hydrogen (secondary N) is 4. The van der Waals surface area contributed by atoms with Crippen molar-refractivity contribution < 1.29 is 32.4 Å². The Labute approximate surface area is 260 Å². The fourth-order valence-electron chi connectivity index (χ4n) is 4.88. The van der Waals surface area contributed by atoms with Crippen molar-refractivity contribution in [1.29, 1.82) is 0 Å². The number of rotatable bonds is 13. The Morgan fingerprint density at radius 1 is 1.02 bits per heavy atom. The molecule has 0 radical (unpaired) electrons. The second-order valence-electron chi connectivity index (χ2n) is 11.0. The van der Waals surface area contributed by atoms with Gasteiger partial charge in [0.15, 0.2) is 6.10 Å². The number of imidazole rings is 1. The first kappa shape index (κ1) is 31.7. The lowest BCUT2D eigenvalue weighted by atomic mass is 9.92. The molecule has 5 rings (SSSR count). The molecule has 13 heteroatoms. The molecular formula is C32H35N5O7S. The third-order valence-electron chi connectivity index (χ3n) is 7.63. The highest BCUT2D eigenvalue weighted by Gasteiger charge is 2.31. The standard InChI is InChI=1S/C32H35N5O7S/c1-3-20(2)45(41,42)37-44-32(40)23(15-21-9-5-4-6-10-21)16-22-13-14-27-26(17-22)36-31(39)28(43-27)18-30(38)33-19-29-34-24-11-7-8-12-25(24)35-29/h4-14,17,20,23,28,37H,3,15-16,18-19H2,1-2H3,(H,33,38)(H,34,35)(H,36,39)/t20?,23?,28-/m0/s1. The van der Waals surface area contributed by atoms with Crippen molar-refractivity contribution in [1.82, 2.24) is 20.2 Å². The molecular weight excluding hydrogens is 598 g/mol. The summed E-state index contributed by atoms with van der Waals surface area (Å²) in [6.07, 6.45) is -0.355. The van der Waals surface area contributed by atoms with Gasteiger partial charge in [0, 0.05) is 0 Å². The van der Waals surface area contributed by atoms with E-state index in [0.29, 0.717) is 35.7 Å². The van der Waals surface area contributed by atoms with Crippen molar-refractivity contribution in [3.63, 3.8) is 0 Å². The molecule has 1 aliphatic rings. The van der Waals surface area contributed by atoms with Crippen molar-refractivity contribution in [3.05, 3.63) is 89.7 Å². The number of carbonyl (C=O) groups is 3. The van der Waals surface area contributed by atoms with E-state index in [1.165, 1.54) is 6.92 Å². The van der Waals surface area contributed by atoms with Gasteiger partial charge in [0.25, 0.3) is 5.91 Å². The van der Waals surface area contributed by atoms with Crippen LogP contribution in [0.3, 0.4) is 0 Å². The fourth-order valence-corrected chi connectivity index (χ4v) is 5.68. The number of ether oxygens (including phenoxy) is 1. The van der Waals surface area contributed by atoms with Crippen molar-refractivity contribution in [2.75, 3.05) is 5.32 Å². The summed E-state index contributed by atoms with van der Waals surface area (Å²) in [6, 6.07) is 22.0. The van der Waals surface area contributed by atoms with Crippen LogP contribution in [0, 0.1) is 5.92 Å². The first-order valence-corrected chi connectivity index (χ1v) is 16.2. The van der Waals surface area contributed by atoms with Crippen LogP contribution >= 0.6 is 0 Å². The van der Waals surface area contributed by atoms with Gasteiger partial charge >= 0.3 is 5.97 Å². The third-order valence-corrected chi connectivity index (χ3v) is 9.34. The minimum absolute atomic E-state index is 0.174. The van der Waals surface area contributed by atoms with Gasteiger partial charge in [0.2, 0.25) is 15.9 Å². The van der Waals surface area contributed by atoms with Gasteiger partial charge in [-0.2, -0.15) is 0 Å². The van der Waals surface area contributed by atoms with Crippen molar-refractivity contribution in [3.8, 4) is 5.75 Å². The van der Waals surface area contributed by atoms with Gasteiger partial charge in [0.1, 0.15) is 11.6 Å². The molecule has 0 bridgehead atoms. The van der Waals surface area contributed by atoms with Gasteiger partial charge in [-0.25, -0.2) is 18.2 Å². The zero-order valence-corrected chi connectivity index (χ0v) is 25.7. The van der Waals surface area contributed by atoms with Gasteiger partial charge in [-0.15, -0.1) is 0 Å². The Hall–Kier alpha value is -4.75. The van der Waals surface area contributed by atoms with E-state index in [2.05, 4.69) is 20.6 Å². The number of aromatic nitrogens is 2. The number of nitrogens with zero attached hydrogens (tertiary/aromatic N) is 1. The molecule has 236 valence electrons. The van der Waals surface area contributed by atoms with E-state index in [1.807, 2.05) is 59.5 Å². The highest BCUT2D eigenvalue weighted by atomic mass is 32.2. The highest BCUT2D eigenvalue weighted by molar-refractivity contribution is 7.89. The minimum Gasteiger partial charge on any atom is -0.478 e. The fraction of sp³-hybridized carbons (Fsp3) is 0.312. The van der Waals surface area contributed by atoms with E-state index in [1.54, 1.807) is 25.1 Å². The maximum absolute atomic E-state index is 13.1. The zero-order chi connectivity index (χ0) is 32.0. The molecule has 3 atom stereocenters. The number of H-pyrrole nitrogens is 1. The number of carbonyl (C=O) groups excluding carboxylic acids is 3. The first-order valence-electron chi connectivity index (χ1n) is 14.7. The summed E-state index contributed by atoms with van der Waals surface area (Å²) in [5.41, 5.74) is 3.63. The molecule has 2 amide bonds. The maximum atomic E-state index is 13.1. The predicted octanol–water partition coefficient (Wildman–Crippen LogP) is 3.55. The van der Waals surface area contributed by atoms with E-state index in [9.17, 15) is 22.8 Å². The van der Waals surface area contributed by atoms with Crippen LogP contribution in [0.1, 0.15) is 43.6 Å². The average molecular weight is 634 g/mol. The molecule has 0 aliphatic carbocycles. The van der Waals surface area contributed by atoms with Crippen molar-refractivity contribution >= 4 is 44.5 Å². The van der Waals surface area contributed by atoms with Crippen LogP contribution in [-0.4, -0.2) is 47.5 Å². The molecule has 1 aliphatic heterocycles. The lowest BCUT2D eigenvalue weighted by Crippen LogP contribution is -2.41. The van der Waals surface area contributed by atoms with Gasteiger partial charge in [-0.3, -0.25) is 9.59 Å². The second kappa shape index (κ2) is 13.9. The number of amides is 2. The highest BCUT2D eigenvalue weighted by Crippen LogP contribution is 2.32. The van der Waals surface area contributed by atoms with Gasteiger partial charge in [0.05, 0.1) is 40.9 Å². The number of hydrogen-bond acceptors (Lipinski definition) is 8. The molecule has 0 saturated heterocycles. The molecule has 0 fully saturated rings. The summed E-state index contributed by atoms with van der Waals surface area (Å²) >= 11 is 0. The smallest absolute Gasteiger partial charge is 0.329 e. The number of aromatic amines is 1. The predicted molar refractivity (Wildman–Crippen MR) is 167 cm³/mol. The summed E-state index contributed by atoms with van der Waals surface area (Å²) in [7, 11) is -3.83.